The second-order valence-electron chi connectivity index (χ2n) is 6.12. The molecule has 0 bridgehead atoms. The first-order valence-electron chi connectivity index (χ1n) is 7.85. The van der Waals surface area contributed by atoms with Crippen LogP contribution in [0.1, 0.15) is 51.4 Å². The Kier molecular flexibility index (Phi) is 6.12. The summed E-state index contributed by atoms with van der Waals surface area (Å²) in [5.41, 5.74) is 0. The van der Waals surface area contributed by atoms with Crippen LogP contribution in [0.25, 0.3) is 0 Å². The van der Waals surface area contributed by atoms with Gasteiger partial charge >= 0.3 is 0 Å². The molecule has 108 valence electrons. The zero-order valence-corrected chi connectivity index (χ0v) is 12.1. The van der Waals surface area contributed by atoms with Crippen LogP contribution in [0.4, 0.5) is 0 Å². The lowest BCUT2D eigenvalue weighted by Crippen LogP contribution is -2.28. The first-order chi connectivity index (χ1) is 9.33. The highest BCUT2D eigenvalue weighted by Gasteiger charge is 2.30. The maximum Gasteiger partial charge on any atom is 0.100 e. The molecule has 19 heavy (non-hydrogen) atoms. The van der Waals surface area contributed by atoms with Crippen molar-refractivity contribution in [1.82, 2.24) is 0 Å². The van der Waals surface area contributed by atoms with Gasteiger partial charge in [-0.3, -0.25) is 0 Å². The standard InChI is InChI=1S/C17H28O2/c1-3-13-18-19-17-11-9-16(10-12-17)15-7-5-14(4-2)6-8-15/h3-4,14-17H,1-2,5-13H2. The number of allylic oxidation sites excluding steroid dienone is 1. The lowest BCUT2D eigenvalue weighted by molar-refractivity contribution is -0.322. The highest BCUT2D eigenvalue weighted by Crippen LogP contribution is 2.40. The van der Waals surface area contributed by atoms with E-state index in [9.17, 15) is 0 Å². The molecule has 2 heteroatoms. The molecule has 0 aliphatic heterocycles. The first-order valence-corrected chi connectivity index (χ1v) is 7.85. The molecule has 2 fully saturated rings. The number of hydrogen-bond acceptors (Lipinski definition) is 2. The number of hydrogen-bond donors (Lipinski definition) is 0. The summed E-state index contributed by atoms with van der Waals surface area (Å²) >= 11 is 0. The average Bonchev–Trinajstić information content (AvgIpc) is 2.48. The Morgan fingerprint density at radius 2 is 1.42 bits per heavy atom. The zero-order chi connectivity index (χ0) is 13.5. The Morgan fingerprint density at radius 1 is 0.842 bits per heavy atom. The smallest absolute Gasteiger partial charge is 0.100 e. The van der Waals surface area contributed by atoms with E-state index < -0.39 is 0 Å². The third kappa shape index (κ3) is 4.47. The Labute approximate surface area is 117 Å². The van der Waals surface area contributed by atoms with Gasteiger partial charge in [-0.05, 0) is 69.1 Å². The van der Waals surface area contributed by atoms with Crippen molar-refractivity contribution in [2.75, 3.05) is 6.61 Å². The van der Waals surface area contributed by atoms with E-state index >= 15 is 0 Å². The van der Waals surface area contributed by atoms with Crippen LogP contribution in [0.2, 0.25) is 0 Å². The van der Waals surface area contributed by atoms with Gasteiger partial charge in [0, 0.05) is 0 Å². The molecule has 2 aliphatic rings. The fourth-order valence-corrected chi connectivity index (χ4v) is 3.69. The van der Waals surface area contributed by atoms with E-state index in [1.807, 2.05) is 0 Å². The van der Waals surface area contributed by atoms with E-state index in [1.54, 1.807) is 6.08 Å². The second-order valence-corrected chi connectivity index (χ2v) is 6.12. The fourth-order valence-electron chi connectivity index (χ4n) is 3.69. The molecule has 0 amide bonds. The van der Waals surface area contributed by atoms with Crippen molar-refractivity contribution in [2.24, 2.45) is 17.8 Å². The average molecular weight is 264 g/mol. The van der Waals surface area contributed by atoms with E-state index in [-0.39, 0.29) is 0 Å². The fraction of sp³-hybridized carbons (Fsp3) is 0.765. The van der Waals surface area contributed by atoms with Crippen LogP contribution in [0.3, 0.4) is 0 Å². The second kappa shape index (κ2) is 7.86. The van der Waals surface area contributed by atoms with Gasteiger partial charge in [0.15, 0.2) is 0 Å². The topological polar surface area (TPSA) is 18.5 Å². The van der Waals surface area contributed by atoms with Gasteiger partial charge in [-0.15, -0.1) is 13.2 Å². The maximum atomic E-state index is 5.41. The third-order valence-corrected chi connectivity index (χ3v) is 4.93. The summed E-state index contributed by atoms with van der Waals surface area (Å²) in [7, 11) is 0. The molecule has 0 spiro atoms. The van der Waals surface area contributed by atoms with Crippen molar-refractivity contribution in [3.63, 3.8) is 0 Å². The van der Waals surface area contributed by atoms with Gasteiger partial charge in [-0.2, -0.15) is 0 Å². The summed E-state index contributed by atoms with van der Waals surface area (Å²) < 4.78 is 0. The van der Waals surface area contributed by atoms with Crippen molar-refractivity contribution in [2.45, 2.75) is 57.5 Å². The molecule has 2 rings (SSSR count). The predicted octanol–water partition coefficient (Wildman–Crippen LogP) is 4.67. The summed E-state index contributed by atoms with van der Waals surface area (Å²) in [6.45, 7) is 8.04. The number of rotatable bonds is 6. The van der Waals surface area contributed by atoms with Crippen LogP contribution >= 0.6 is 0 Å². The minimum atomic E-state index is 0.306. The van der Waals surface area contributed by atoms with Crippen molar-refractivity contribution in [3.05, 3.63) is 25.3 Å². The van der Waals surface area contributed by atoms with Gasteiger partial charge in [0.25, 0.3) is 0 Å². The third-order valence-electron chi connectivity index (χ3n) is 4.93. The largest absolute Gasteiger partial charge is 0.233 e. The van der Waals surface area contributed by atoms with Gasteiger partial charge in [-0.1, -0.05) is 12.2 Å². The SMILES string of the molecule is C=CCOOC1CCC(C2CCC(C=C)CC2)CC1. The van der Waals surface area contributed by atoms with Crippen molar-refractivity contribution >= 4 is 0 Å². The molecule has 0 aromatic carbocycles. The van der Waals surface area contributed by atoms with Crippen molar-refractivity contribution < 1.29 is 9.78 Å². The minimum absolute atomic E-state index is 0.306. The molecule has 2 nitrogen and oxygen atoms in total. The van der Waals surface area contributed by atoms with Crippen molar-refractivity contribution in [3.8, 4) is 0 Å². The maximum absolute atomic E-state index is 5.41. The van der Waals surface area contributed by atoms with Gasteiger partial charge in [0.2, 0.25) is 0 Å². The van der Waals surface area contributed by atoms with Gasteiger partial charge in [-0.25, -0.2) is 9.78 Å². The van der Waals surface area contributed by atoms with Gasteiger partial charge < -0.3 is 0 Å². The van der Waals surface area contributed by atoms with Crippen LogP contribution in [0, 0.1) is 17.8 Å². The highest BCUT2D eigenvalue weighted by atomic mass is 17.2. The molecule has 0 radical (unpaired) electrons. The minimum Gasteiger partial charge on any atom is -0.233 e. The lowest BCUT2D eigenvalue weighted by Gasteiger charge is -2.36. The molecular weight excluding hydrogens is 236 g/mol. The molecule has 0 N–H and O–H groups in total. The molecular formula is C17H28O2. The summed E-state index contributed by atoms with van der Waals surface area (Å²) in [6, 6.07) is 0. The molecule has 0 unspecified atom stereocenters. The normalized spacial score (nSPS) is 35.8. The van der Waals surface area contributed by atoms with E-state index in [1.165, 1.54) is 38.5 Å². The molecule has 0 saturated heterocycles. The summed E-state index contributed by atoms with van der Waals surface area (Å²) in [6.07, 6.45) is 14.6. The molecule has 0 heterocycles. The summed E-state index contributed by atoms with van der Waals surface area (Å²) in [5, 5.41) is 0. The quantitative estimate of drug-likeness (QED) is 0.300. The summed E-state index contributed by atoms with van der Waals surface area (Å²) in [5.74, 6) is 2.65. The highest BCUT2D eigenvalue weighted by molar-refractivity contribution is 4.87. The van der Waals surface area contributed by atoms with Crippen LogP contribution in [0.15, 0.2) is 25.3 Å². The molecule has 0 atom stereocenters. The van der Waals surface area contributed by atoms with E-state index in [0.29, 0.717) is 12.7 Å². The van der Waals surface area contributed by atoms with E-state index in [2.05, 4.69) is 19.2 Å². The first kappa shape index (κ1) is 14.8. The van der Waals surface area contributed by atoms with Crippen molar-refractivity contribution in [1.29, 1.82) is 0 Å². The van der Waals surface area contributed by atoms with Gasteiger partial charge in [0.05, 0.1) is 6.10 Å². The van der Waals surface area contributed by atoms with Gasteiger partial charge in [0.1, 0.15) is 6.61 Å². The molecule has 2 aliphatic carbocycles. The predicted molar refractivity (Wildman–Crippen MR) is 78.6 cm³/mol. The molecule has 2 saturated carbocycles. The van der Waals surface area contributed by atoms with E-state index in [4.69, 9.17) is 9.78 Å². The van der Waals surface area contributed by atoms with Crippen LogP contribution in [0.5, 0.6) is 0 Å². The molecule has 0 aromatic heterocycles. The van der Waals surface area contributed by atoms with Crippen LogP contribution < -0.4 is 0 Å². The Morgan fingerprint density at radius 3 is 1.95 bits per heavy atom. The lowest BCUT2D eigenvalue weighted by atomic mass is 9.70. The zero-order valence-electron chi connectivity index (χ0n) is 12.1. The Hall–Kier alpha value is -0.600. The Balaban J connectivity index is 1.66. The van der Waals surface area contributed by atoms with Crippen LogP contribution in [-0.2, 0) is 9.78 Å². The summed E-state index contributed by atoms with van der Waals surface area (Å²) in [4.78, 5) is 10.5. The monoisotopic (exact) mass is 264 g/mol. The molecule has 0 aromatic rings. The van der Waals surface area contributed by atoms with Crippen LogP contribution in [-0.4, -0.2) is 12.7 Å². The Bertz CT molecular complexity index is 271. The van der Waals surface area contributed by atoms with E-state index in [0.717, 1.165) is 30.6 Å².